The first kappa shape index (κ1) is 30.8. The Bertz CT molecular complexity index is 1550. The number of nitrogens with zero attached hydrogens (tertiary/aromatic N) is 4. The van der Waals surface area contributed by atoms with Crippen molar-refractivity contribution in [2.75, 3.05) is 13.7 Å². The molecule has 1 N–H and O–H groups in total. The van der Waals surface area contributed by atoms with Gasteiger partial charge < -0.3 is 18.7 Å². The molecule has 43 heavy (non-hydrogen) atoms. The van der Waals surface area contributed by atoms with Crippen LogP contribution in [0, 0.1) is 5.92 Å². The molecular formula is C33H41FN4O4Si. The molecule has 3 heterocycles. The number of aromatic nitrogens is 4. The number of ether oxygens (including phenoxy) is 2. The third-order valence-electron chi connectivity index (χ3n) is 8.67. The maximum atomic E-state index is 15.7. The predicted octanol–water partition coefficient (Wildman–Crippen LogP) is 5.53. The van der Waals surface area contributed by atoms with Crippen LogP contribution >= 0.6 is 0 Å². The lowest BCUT2D eigenvalue weighted by molar-refractivity contribution is 0.0247. The molecule has 0 aliphatic carbocycles. The van der Waals surface area contributed by atoms with Gasteiger partial charge in [0.2, 0.25) is 8.41 Å². The Hall–Kier alpha value is -3.60. The summed E-state index contributed by atoms with van der Waals surface area (Å²) in [7, 11) is -1.53. The van der Waals surface area contributed by atoms with E-state index < -0.39 is 8.41 Å². The zero-order chi connectivity index (χ0) is 30.6. The van der Waals surface area contributed by atoms with E-state index in [1.165, 1.54) is 7.11 Å². The van der Waals surface area contributed by atoms with E-state index in [1.807, 2.05) is 54.7 Å². The zero-order valence-electron chi connectivity index (χ0n) is 25.3. The van der Waals surface area contributed by atoms with Crippen molar-refractivity contribution in [3.05, 3.63) is 106 Å². The first-order valence-electron chi connectivity index (χ1n) is 14.9. The topological polar surface area (TPSA) is 91.4 Å². The van der Waals surface area contributed by atoms with Crippen LogP contribution in [0.3, 0.4) is 0 Å². The van der Waals surface area contributed by atoms with Crippen LogP contribution in [0.5, 0.6) is 5.75 Å². The molecule has 2 aromatic carbocycles. The van der Waals surface area contributed by atoms with Crippen molar-refractivity contribution in [1.29, 1.82) is 0 Å². The molecule has 5 atom stereocenters. The fourth-order valence-electron chi connectivity index (χ4n) is 6.55. The van der Waals surface area contributed by atoms with Crippen molar-refractivity contribution in [2.24, 2.45) is 5.92 Å². The van der Waals surface area contributed by atoms with Crippen molar-refractivity contribution >= 4 is 8.41 Å². The van der Waals surface area contributed by atoms with E-state index in [2.05, 4.69) is 23.3 Å². The number of hydrogen-bond acceptors (Lipinski definition) is 6. The molecule has 0 saturated carbocycles. The SMILES string of the molecule is COc1cccn(-c2cccc(CC[C@@H]3O[C@H](CCn4cc(C(CO)c5ccccc5)nn4)[C@@H]([Si](C)(C)F)[C@@H]3C)c2)c1=O. The highest BCUT2D eigenvalue weighted by Crippen LogP contribution is 2.47. The highest BCUT2D eigenvalue weighted by atomic mass is 28.4. The molecular weight excluding hydrogens is 563 g/mol. The average molecular weight is 605 g/mol. The summed E-state index contributed by atoms with van der Waals surface area (Å²) in [5, 5.41) is 18.7. The van der Waals surface area contributed by atoms with Crippen LogP contribution in [0.1, 0.15) is 42.5 Å². The lowest BCUT2D eigenvalue weighted by Gasteiger charge is -2.28. The number of aliphatic hydroxyl groups is 1. The van der Waals surface area contributed by atoms with Crippen LogP contribution in [0.15, 0.2) is 83.9 Å². The second-order valence-corrected chi connectivity index (χ2v) is 15.8. The number of pyridine rings is 1. The first-order chi connectivity index (χ1) is 20.7. The molecule has 8 nitrogen and oxygen atoms in total. The molecule has 1 aliphatic heterocycles. The molecule has 0 bridgehead atoms. The zero-order valence-corrected chi connectivity index (χ0v) is 26.3. The molecule has 10 heteroatoms. The molecule has 1 saturated heterocycles. The number of hydrogen-bond donors (Lipinski definition) is 1. The van der Waals surface area contributed by atoms with Gasteiger partial charge in [0.05, 0.1) is 37.5 Å². The highest BCUT2D eigenvalue weighted by molar-refractivity contribution is 6.72. The van der Waals surface area contributed by atoms with Gasteiger partial charge in [-0.3, -0.25) is 14.0 Å². The Labute approximate surface area is 253 Å². The molecule has 0 spiro atoms. The summed E-state index contributed by atoms with van der Waals surface area (Å²) in [6.45, 7) is 6.18. The Kier molecular flexibility index (Phi) is 9.58. The first-order valence-corrected chi connectivity index (χ1v) is 17.9. The van der Waals surface area contributed by atoms with Gasteiger partial charge in [-0.2, -0.15) is 0 Å². The van der Waals surface area contributed by atoms with E-state index in [4.69, 9.17) is 9.47 Å². The predicted molar refractivity (Wildman–Crippen MR) is 167 cm³/mol. The highest BCUT2D eigenvalue weighted by Gasteiger charge is 2.50. The smallest absolute Gasteiger partial charge is 0.297 e. The minimum Gasteiger partial charge on any atom is -0.491 e. The van der Waals surface area contributed by atoms with E-state index in [0.717, 1.165) is 29.7 Å². The van der Waals surface area contributed by atoms with Crippen LogP contribution in [0.4, 0.5) is 4.11 Å². The van der Waals surface area contributed by atoms with Gasteiger partial charge in [-0.1, -0.05) is 54.6 Å². The summed E-state index contributed by atoms with van der Waals surface area (Å²) < 4.78 is 30.8. The number of aryl methyl sites for hydroxylation is 2. The maximum absolute atomic E-state index is 15.7. The second kappa shape index (κ2) is 13.4. The van der Waals surface area contributed by atoms with Crippen LogP contribution in [-0.2, 0) is 17.7 Å². The van der Waals surface area contributed by atoms with Crippen LogP contribution in [0.2, 0.25) is 18.6 Å². The van der Waals surface area contributed by atoms with Gasteiger partial charge in [0, 0.05) is 30.2 Å². The van der Waals surface area contributed by atoms with Gasteiger partial charge in [-0.25, -0.2) is 0 Å². The lowest BCUT2D eigenvalue weighted by atomic mass is 9.95. The monoisotopic (exact) mass is 604 g/mol. The van der Waals surface area contributed by atoms with Crippen molar-refractivity contribution in [1.82, 2.24) is 19.6 Å². The molecule has 0 amide bonds. The molecule has 0 radical (unpaired) electrons. The van der Waals surface area contributed by atoms with Crippen LogP contribution in [-0.4, -0.2) is 59.0 Å². The Morgan fingerprint density at radius 2 is 1.86 bits per heavy atom. The summed E-state index contributed by atoms with van der Waals surface area (Å²) in [5.74, 6) is 0.139. The minimum atomic E-state index is -3.02. The van der Waals surface area contributed by atoms with E-state index >= 15 is 4.11 Å². The van der Waals surface area contributed by atoms with E-state index in [9.17, 15) is 9.90 Å². The minimum absolute atomic E-state index is 0.0590. The molecule has 2 aromatic heterocycles. The maximum Gasteiger partial charge on any atom is 0.297 e. The third kappa shape index (κ3) is 6.97. The van der Waals surface area contributed by atoms with Gasteiger partial charge in [0.15, 0.2) is 5.75 Å². The number of methoxy groups -OCH3 is 1. The molecule has 1 fully saturated rings. The fraction of sp³-hybridized carbons (Fsp3) is 0.424. The third-order valence-corrected chi connectivity index (χ3v) is 11.2. The standard InChI is InChI=1S/C33H41FN4O4Si/c1-23-29(16-15-24-10-8-13-26(20-24)38-18-9-14-31(41-2)33(38)40)42-30(32(23)43(3,4)34)17-19-37-21-28(35-36-37)27(22-39)25-11-6-5-7-12-25/h5-14,18,20-21,23,27,29-30,32,39H,15-17,19,22H2,1-4H3/t23-,27?,29+,30-,32+/m1/s1. The number of aliphatic hydroxyl groups excluding tert-OH is 1. The summed E-state index contributed by atoms with van der Waals surface area (Å²) in [6.07, 6.45) is 5.49. The van der Waals surface area contributed by atoms with Crippen molar-refractivity contribution in [3.63, 3.8) is 0 Å². The molecule has 1 aliphatic rings. The van der Waals surface area contributed by atoms with E-state index in [0.29, 0.717) is 24.4 Å². The summed E-state index contributed by atoms with van der Waals surface area (Å²) in [5.41, 5.74) is 3.23. The molecule has 1 unspecified atom stereocenters. The second-order valence-electron chi connectivity index (χ2n) is 12.0. The van der Waals surface area contributed by atoms with Crippen molar-refractivity contribution < 1.29 is 18.7 Å². The molecule has 4 aromatic rings. The Morgan fingerprint density at radius 3 is 2.58 bits per heavy atom. The van der Waals surface area contributed by atoms with Gasteiger partial charge in [0.25, 0.3) is 5.56 Å². The van der Waals surface area contributed by atoms with Crippen molar-refractivity contribution in [3.8, 4) is 11.4 Å². The summed E-state index contributed by atoms with van der Waals surface area (Å²) in [4.78, 5) is 12.7. The van der Waals surface area contributed by atoms with Gasteiger partial charge in [-0.15, -0.1) is 5.10 Å². The number of rotatable bonds is 12. The van der Waals surface area contributed by atoms with Crippen molar-refractivity contribution in [2.45, 2.75) is 69.5 Å². The van der Waals surface area contributed by atoms with Crippen LogP contribution < -0.4 is 10.3 Å². The Balaban J connectivity index is 1.25. The molecule has 5 rings (SSSR count). The summed E-state index contributed by atoms with van der Waals surface area (Å²) >= 11 is 0. The average Bonchev–Trinajstić information content (AvgIpc) is 3.60. The van der Waals surface area contributed by atoms with Crippen LogP contribution in [0.25, 0.3) is 5.69 Å². The lowest BCUT2D eigenvalue weighted by Crippen LogP contribution is -2.36. The van der Waals surface area contributed by atoms with E-state index in [1.54, 1.807) is 40.7 Å². The van der Waals surface area contributed by atoms with Gasteiger partial charge in [0.1, 0.15) is 0 Å². The quantitative estimate of drug-likeness (QED) is 0.169. The molecule has 228 valence electrons. The van der Waals surface area contributed by atoms with Gasteiger partial charge >= 0.3 is 0 Å². The normalized spacial score (nSPS) is 21.2. The largest absolute Gasteiger partial charge is 0.491 e. The number of halogens is 1. The van der Waals surface area contributed by atoms with E-state index in [-0.39, 0.29) is 41.8 Å². The summed E-state index contributed by atoms with van der Waals surface area (Å²) in [6, 6.07) is 21.1. The fourth-order valence-corrected chi connectivity index (χ4v) is 9.14. The van der Waals surface area contributed by atoms with Gasteiger partial charge in [-0.05, 0) is 73.7 Å². The number of benzene rings is 2. The Morgan fingerprint density at radius 1 is 1.07 bits per heavy atom.